The molecular weight excluding hydrogens is 206 g/mol. The molecule has 0 aromatic carbocycles. The van der Waals surface area contributed by atoms with Crippen molar-refractivity contribution in [2.24, 2.45) is 5.73 Å². The summed E-state index contributed by atoms with van der Waals surface area (Å²) in [5.74, 6) is 0.650. The normalized spacial score (nSPS) is 21.2. The molecule has 1 aliphatic rings. The van der Waals surface area contributed by atoms with E-state index in [0.717, 1.165) is 5.01 Å². The van der Waals surface area contributed by atoms with Gasteiger partial charge < -0.3 is 5.73 Å². The zero-order valence-corrected chi connectivity index (χ0v) is 10.1. The third kappa shape index (κ3) is 2.75. The van der Waals surface area contributed by atoms with E-state index in [9.17, 15) is 0 Å². The van der Waals surface area contributed by atoms with E-state index in [1.54, 1.807) is 11.3 Å². The largest absolute Gasteiger partial charge is 0.322 e. The maximum atomic E-state index is 5.80. The molecule has 2 rings (SSSR count). The summed E-state index contributed by atoms with van der Waals surface area (Å²) in [5, 5.41) is 10.6. The zero-order valence-electron chi connectivity index (χ0n) is 9.28. The Morgan fingerprint density at radius 1 is 1.20 bits per heavy atom. The van der Waals surface area contributed by atoms with E-state index < -0.39 is 0 Å². The molecule has 2 N–H and O–H groups in total. The topological polar surface area (TPSA) is 51.8 Å². The van der Waals surface area contributed by atoms with Crippen LogP contribution in [0.3, 0.4) is 0 Å². The van der Waals surface area contributed by atoms with Crippen LogP contribution in [0.25, 0.3) is 0 Å². The van der Waals surface area contributed by atoms with Gasteiger partial charge in [-0.2, -0.15) is 0 Å². The molecule has 1 atom stereocenters. The first-order chi connectivity index (χ1) is 7.27. The molecule has 0 radical (unpaired) electrons. The molecule has 0 saturated heterocycles. The number of rotatable bonds is 2. The van der Waals surface area contributed by atoms with Crippen LogP contribution in [0.5, 0.6) is 0 Å². The molecule has 1 aromatic rings. The first-order valence-electron chi connectivity index (χ1n) is 5.86. The number of nitrogens with two attached hydrogens (primary N) is 1. The highest BCUT2D eigenvalue weighted by Gasteiger charge is 2.19. The van der Waals surface area contributed by atoms with E-state index in [1.807, 2.05) is 6.92 Å². The first kappa shape index (κ1) is 11.0. The summed E-state index contributed by atoms with van der Waals surface area (Å²) in [7, 11) is 0. The lowest BCUT2D eigenvalue weighted by Crippen LogP contribution is -2.03. The molecule has 1 unspecified atom stereocenters. The Hall–Kier alpha value is -0.480. The van der Waals surface area contributed by atoms with Gasteiger partial charge in [-0.25, -0.2) is 0 Å². The molecule has 4 heteroatoms. The van der Waals surface area contributed by atoms with Gasteiger partial charge in [0.25, 0.3) is 0 Å². The maximum Gasteiger partial charge on any atom is 0.133 e. The van der Waals surface area contributed by atoms with Crippen LogP contribution in [0.1, 0.15) is 67.4 Å². The van der Waals surface area contributed by atoms with E-state index in [0.29, 0.717) is 5.92 Å². The smallest absolute Gasteiger partial charge is 0.133 e. The van der Waals surface area contributed by atoms with Crippen LogP contribution in [0.2, 0.25) is 0 Å². The van der Waals surface area contributed by atoms with Gasteiger partial charge >= 0.3 is 0 Å². The molecule has 1 fully saturated rings. The summed E-state index contributed by atoms with van der Waals surface area (Å²) in [6.07, 6.45) is 8.03. The minimum absolute atomic E-state index is 0.0297. The average Bonchev–Trinajstić information content (AvgIpc) is 2.55. The van der Waals surface area contributed by atoms with Crippen LogP contribution in [0, 0.1) is 0 Å². The summed E-state index contributed by atoms with van der Waals surface area (Å²) in [4.78, 5) is 0. The molecular formula is C11H19N3S. The molecule has 1 heterocycles. The van der Waals surface area contributed by atoms with Crippen molar-refractivity contribution in [2.45, 2.75) is 57.4 Å². The van der Waals surface area contributed by atoms with Gasteiger partial charge in [-0.15, -0.1) is 10.2 Å². The Balaban J connectivity index is 2.06. The molecule has 1 saturated carbocycles. The van der Waals surface area contributed by atoms with Gasteiger partial charge in [-0.1, -0.05) is 37.0 Å². The van der Waals surface area contributed by atoms with Crippen molar-refractivity contribution in [3.8, 4) is 0 Å². The van der Waals surface area contributed by atoms with Crippen LogP contribution in [0.4, 0.5) is 0 Å². The van der Waals surface area contributed by atoms with E-state index in [4.69, 9.17) is 5.73 Å². The minimum Gasteiger partial charge on any atom is -0.322 e. The fourth-order valence-electron chi connectivity index (χ4n) is 2.12. The second kappa shape index (κ2) is 5.03. The quantitative estimate of drug-likeness (QED) is 0.787. The lowest BCUT2D eigenvalue weighted by molar-refractivity contribution is 0.583. The molecule has 0 spiro atoms. The Morgan fingerprint density at radius 2 is 1.87 bits per heavy atom. The van der Waals surface area contributed by atoms with Crippen molar-refractivity contribution in [3.05, 3.63) is 10.0 Å². The van der Waals surface area contributed by atoms with Crippen molar-refractivity contribution < 1.29 is 0 Å². The second-order valence-corrected chi connectivity index (χ2v) is 5.50. The maximum absolute atomic E-state index is 5.80. The third-order valence-corrected chi connectivity index (χ3v) is 4.34. The predicted molar refractivity (Wildman–Crippen MR) is 63.0 cm³/mol. The standard InChI is InChI=1S/C11H19N3S/c1-8(12)10-13-14-11(15-10)9-6-4-2-3-5-7-9/h8-9H,2-7,12H2,1H3. The molecule has 1 aromatic heterocycles. The average molecular weight is 225 g/mol. The molecule has 1 aliphatic carbocycles. The van der Waals surface area contributed by atoms with E-state index in [1.165, 1.54) is 43.5 Å². The summed E-state index contributed by atoms with van der Waals surface area (Å²) in [5.41, 5.74) is 5.80. The van der Waals surface area contributed by atoms with Crippen LogP contribution in [-0.2, 0) is 0 Å². The number of aromatic nitrogens is 2. The number of hydrogen-bond donors (Lipinski definition) is 1. The number of hydrogen-bond acceptors (Lipinski definition) is 4. The van der Waals surface area contributed by atoms with Gasteiger partial charge in [0.15, 0.2) is 0 Å². The van der Waals surface area contributed by atoms with Gasteiger partial charge in [-0.05, 0) is 19.8 Å². The predicted octanol–water partition coefficient (Wildman–Crippen LogP) is 3.00. The number of nitrogens with zero attached hydrogens (tertiary/aromatic N) is 2. The highest BCUT2D eigenvalue weighted by molar-refractivity contribution is 7.11. The Labute approximate surface area is 95.1 Å². The summed E-state index contributed by atoms with van der Waals surface area (Å²) >= 11 is 1.71. The van der Waals surface area contributed by atoms with Crippen LogP contribution in [-0.4, -0.2) is 10.2 Å². The molecule has 0 amide bonds. The van der Waals surface area contributed by atoms with Crippen molar-refractivity contribution in [1.29, 1.82) is 0 Å². The van der Waals surface area contributed by atoms with Gasteiger partial charge in [-0.3, -0.25) is 0 Å². The summed E-state index contributed by atoms with van der Waals surface area (Å²) in [6.45, 7) is 1.97. The fourth-order valence-corrected chi connectivity index (χ4v) is 3.09. The molecule has 3 nitrogen and oxygen atoms in total. The monoisotopic (exact) mass is 225 g/mol. The summed E-state index contributed by atoms with van der Waals surface area (Å²) < 4.78 is 0. The van der Waals surface area contributed by atoms with Crippen molar-refractivity contribution >= 4 is 11.3 Å². The van der Waals surface area contributed by atoms with Crippen LogP contribution < -0.4 is 5.73 Å². The third-order valence-electron chi connectivity index (χ3n) is 3.05. The van der Waals surface area contributed by atoms with Crippen molar-refractivity contribution in [1.82, 2.24) is 10.2 Å². The second-order valence-electron chi connectivity index (χ2n) is 4.46. The first-order valence-corrected chi connectivity index (χ1v) is 6.68. The van der Waals surface area contributed by atoms with Gasteiger partial charge in [0.05, 0.1) is 6.04 Å². The van der Waals surface area contributed by atoms with Crippen molar-refractivity contribution in [2.75, 3.05) is 0 Å². The van der Waals surface area contributed by atoms with E-state index in [-0.39, 0.29) is 6.04 Å². The molecule has 84 valence electrons. The molecule has 0 bridgehead atoms. The van der Waals surface area contributed by atoms with Crippen LogP contribution in [0.15, 0.2) is 0 Å². The van der Waals surface area contributed by atoms with Gasteiger partial charge in [0, 0.05) is 5.92 Å². The van der Waals surface area contributed by atoms with Crippen molar-refractivity contribution in [3.63, 3.8) is 0 Å². The lowest BCUT2D eigenvalue weighted by atomic mass is 10.0. The Morgan fingerprint density at radius 3 is 2.40 bits per heavy atom. The minimum atomic E-state index is 0.0297. The highest BCUT2D eigenvalue weighted by atomic mass is 32.1. The highest BCUT2D eigenvalue weighted by Crippen LogP contribution is 2.33. The van der Waals surface area contributed by atoms with Crippen LogP contribution >= 0.6 is 11.3 Å². The van der Waals surface area contributed by atoms with Gasteiger partial charge in [0.2, 0.25) is 0 Å². The van der Waals surface area contributed by atoms with Gasteiger partial charge in [0.1, 0.15) is 10.0 Å². The van der Waals surface area contributed by atoms with E-state index >= 15 is 0 Å². The summed E-state index contributed by atoms with van der Waals surface area (Å²) in [6, 6.07) is 0.0297. The van der Waals surface area contributed by atoms with E-state index in [2.05, 4.69) is 10.2 Å². The zero-order chi connectivity index (χ0) is 10.7. The lowest BCUT2D eigenvalue weighted by Gasteiger charge is -2.08. The Kier molecular flexibility index (Phi) is 3.70. The SMILES string of the molecule is CC(N)c1nnc(C2CCCCCC2)s1. The fraction of sp³-hybridized carbons (Fsp3) is 0.818. The Bertz CT molecular complexity index is 301. The molecule has 0 aliphatic heterocycles. The molecule has 15 heavy (non-hydrogen) atoms.